The van der Waals surface area contributed by atoms with Crippen LogP contribution in [-0.4, -0.2) is 150 Å². The molecule has 4 amide bonds. The molecule has 32 heteroatoms. The van der Waals surface area contributed by atoms with Crippen LogP contribution in [0.25, 0.3) is 26.4 Å². The summed E-state index contributed by atoms with van der Waals surface area (Å²) in [6.07, 6.45) is 5.20. The zero-order valence-corrected chi connectivity index (χ0v) is 57.1. The first-order valence-corrected chi connectivity index (χ1v) is 29.8. The monoisotopic (exact) mass is 1250 g/mol. The number of rotatable bonds is 5. The fourth-order valence-corrected chi connectivity index (χ4v) is 6.52. The number of halogens is 1. The quantitative estimate of drug-likeness (QED) is 0.0199. The maximum Gasteiger partial charge on any atom is 1.00 e. The number of carbonyl (C=O) groups is 6. The Labute approximate surface area is 523 Å². The zero-order chi connectivity index (χ0) is 65.7. The van der Waals surface area contributed by atoms with E-state index >= 15 is 0 Å². The van der Waals surface area contributed by atoms with Gasteiger partial charge in [-0.05, 0) is 200 Å². The van der Waals surface area contributed by atoms with Crippen LogP contribution >= 0.6 is 10.7 Å². The van der Waals surface area contributed by atoms with Crippen LogP contribution in [0.2, 0.25) is 0 Å². The summed E-state index contributed by atoms with van der Waals surface area (Å²) in [6.45, 7) is 34.3. The predicted octanol–water partition coefficient (Wildman–Crippen LogP) is 7.09. The standard InChI is InChI=1S/C10H19NO2.C10H18O5.C9H16N4O2.C9H18N2O2.C9H17NO3.C4H9NO.CH3ClO2S.N3.Na/c1-7-5-8(6-7)11-9(12)13-10(2,3)4;1-9(2,3)14-7(11)13-8(12)15-10(4,5)6;1-9(2,3)15-8(14)11-6-4-7(5-6)12-13-10;1-9(2,3)13-8(12)11-7-4-6(10)5-7;1-9(2,3)13-8(12)10-6-4-7(11)5-6;5-3-1-4(6)2-3;1-5(2,3)4;1-3-2;/h7-8H,5-6H2,1-4H3,(H,11,12);1-6H3;6-7H,4-5H2,1-3H3,(H,11,14);6-7H,4-5,10H2,1-3H3,(H,11,12);6-7,11H,4-5H2,1-3H3,(H,10,12);3-4,6H,1-2,5H2;1H3;;/q;;;;;;;-1;+1. The fraction of sp³-hybridized carbons (Fsp3) is 0.885. The first-order chi connectivity index (χ1) is 37.2. The number of amides is 4. The van der Waals surface area contributed by atoms with Gasteiger partial charge in [-0.2, -0.15) is 0 Å². The van der Waals surface area contributed by atoms with Gasteiger partial charge in [0.2, 0.25) is 9.05 Å². The van der Waals surface area contributed by atoms with Crippen LogP contribution < -0.4 is 62.3 Å². The van der Waals surface area contributed by atoms with Crippen molar-refractivity contribution in [1.82, 2.24) is 21.3 Å². The van der Waals surface area contributed by atoms with Crippen LogP contribution in [0.1, 0.15) is 196 Å². The molecule has 5 saturated carbocycles. The van der Waals surface area contributed by atoms with Crippen LogP contribution in [0.5, 0.6) is 0 Å². The van der Waals surface area contributed by atoms with E-state index < -0.39 is 61.6 Å². The minimum atomic E-state index is -3.19. The molecule has 5 aliphatic rings. The largest absolute Gasteiger partial charge is 1.00 e. The molecule has 84 heavy (non-hydrogen) atoms. The second kappa shape index (κ2) is 39.3. The van der Waals surface area contributed by atoms with Crippen molar-refractivity contribution in [1.29, 1.82) is 0 Å². The normalized spacial score (nSPS) is 23.4. The molecule has 10 N–H and O–H groups in total. The van der Waals surface area contributed by atoms with E-state index in [1.165, 1.54) is 4.91 Å². The number of azide groups is 1. The number of nitrogens with zero attached hydrogens (tertiary/aromatic N) is 6. The third kappa shape index (κ3) is 57.9. The number of hydrogen-bond acceptors (Lipinski definition) is 20. The molecule has 0 heterocycles. The first kappa shape index (κ1) is 86.0. The molecule has 29 nitrogen and oxygen atoms in total. The number of nitrogens with one attached hydrogen (secondary N) is 4. The predicted molar refractivity (Wildman–Crippen MR) is 313 cm³/mol. The molecule has 0 atom stereocenters. The summed E-state index contributed by atoms with van der Waals surface area (Å²) in [5.74, 6) is 0.750. The molecule has 0 radical (unpaired) electrons. The molecule has 0 aromatic heterocycles. The van der Waals surface area contributed by atoms with Crippen molar-refractivity contribution in [3.63, 3.8) is 0 Å². The Bertz CT molecular complexity index is 2030. The molecule has 5 rings (SSSR count). The van der Waals surface area contributed by atoms with Gasteiger partial charge in [-0.3, -0.25) is 4.91 Å². The smallest absolute Gasteiger partial charge is 0.444 e. The molecule has 5 fully saturated rings. The Morgan fingerprint density at radius 2 is 0.714 bits per heavy atom. The van der Waals surface area contributed by atoms with Crippen molar-refractivity contribution >= 4 is 56.4 Å². The topological polar surface area (TPSA) is 449 Å². The van der Waals surface area contributed by atoms with E-state index in [1.807, 2.05) is 83.1 Å². The van der Waals surface area contributed by atoms with E-state index in [-0.39, 0.29) is 89.8 Å². The Morgan fingerprint density at radius 3 is 0.905 bits per heavy atom. The minimum Gasteiger partial charge on any atom is -0.444 e. The van der Waals surface area contributed by atoms with Crippen molar-refractivity contribution in [3.8, 4) is 0 Å². The molecule has 0 unspecified atom stereocenters. The molecule has 0 aliphatic heterocycles. The Balaban J connectivity index is -0.000000449. The van der Waals surface area contributed by atoms with Gasteiger partial charge in [0, 0.05) is 57.9 Å². The van der Waals surface area contributed by atoms with Crippen LogP contribution in [0.4, 0.5) is 28.8 Å². The van der Waals surface area contributed by atoms with Crippen molar-refractivity contribution in [2.24, 2.45) is 22.5 Å². The van der Waals surface area contributed by atoms with Gasteiger partial charge in [-0.15, -0.1) is 0 Å². The average molecular weight is 1260 g/mol. The van der Waals surface area contributed by atoms with Crippen molar-refractivity contribution in [2.75, 3.05) is 6.26 Å². The summed E-state index contributed by atoms with van der Waals surface area (Å²) < 4.78 is 52.9. The van der Waals surface area contributed by atoms with Gasteiger partial charge in [-0.25, -0.2) is 37.2 Å². The number of aliphatic hydroxyl groups is 2. The van der Waals surface area contributed by atoms with Gasteiger partial charge < -0.3 is 87.2 Å². The molecule has 5 aliphatic carbocycles. The van der Waals surface area contributed by atoms with E-state index in [0.29, 0.717) is 37.8 Å². The summed E-state index contributed by atoms with van der Waals surface area (Å²) in [5, 5.41) is 32.1. The minimum absolute atomic E-state index is 0. The van der Waals surface area contributed by atoms with Crippen molar-refractivity contribution in [3.05, 3.63) is 26.4 Å². The molecule has 0 bridgehead atoms. The third-order valence-corrected chi connectivity index (χ3v) is 9.97. The number of hydrogen-bond donors (Lipinski definition) is 8. The second-order valence-electron chi connectivity index (χ2n) is 26.3. The van der Waals surface area contributed by atoms with Gasteiger partial charge in [-0.1, -0.05) is 12.0 Å². The first-order valence-electron chi connectivity index (χ1n) is 27.1. The fourth-order valence-electron chi connectivity index (χ4n) is 6.52. The molecular formula is C52H100ClN12NaO17S. The van der Waals surface area contributed by atoms with E-state index in [2.05, 4.69) is 53.6 Å². The summed E-state index contributed by atoms with van der Waals surface area (Å²) in [4.78, 5) is 71.1. The van der Waals surface area contributed by atoms with Gasteiger partial charge in [0.25, 0.3) is 0 Å². The van der Waals surface area contributed by atoms with Gasteiger partial charge in [0.1, 0.15) is 33.6 Å². The SMILES string of the molecule is CC(C)(C)OC(=O)NC1CC(N)C1.CC(C)(C)OC(=O)NC1CC(N=[N+]=[N-])C1.CC(C)(C)OC(=O)NC1CC(O)C1.CC(C)(C)OC(=O)OC(=O)OC(C)(C)C.CC1CC(NC(=O)OC(C)(C)C)C1.CS(=O)(=O)Cl.NC1CC(O)C1.[N-]=[N+]=[N-].[Na+]. The number of ether oxygens (including phenoxy) is 7. The third-order valence-electron chi connectivity index (χ3n) is 9.97. The van der Waals surface area contributed by atoms with Crippen LogP contribution in [0, 0.1) is 5.92 Å². The maximum atomic E-state index is 11.3. The maximum absolute atomic E-state index is 11.3. The summed E-state index contributed by atoms with van der Waals surface area (Å²) in [7, 11) is 1.31. The Morgan fingerprint density at radius 1 is 0.488 bits per heavy atom. The van der Waals surface area contributed by atoms with E-state index in [1.54, 1.807) is 41.5 Å². The second-order valence-corrected chi connectivity index (χ2v) is 29.4. The summed E-state index contributed by atoms with van der Waals surface area (Å²) in [5.41, 5.74) is 29.4. The van der Waals surface area contributed by atoms with E-state index in [9.17, 15) is 37.2 Å². The van der Waals surface area contributed by atoms with E-state index in [4.69, 9.17) is 66.7 Å². The van der Waals surface area contributed by atoms with Gasteiger partial charge in [0.15, 0.2) is 0 Å². The number of carbonyl (C=O) groups excluding carboxylic acids is 6. The van der Waals surface area contributed by atoms with Crippen LogP contribution in [-0.2, 0) is 42.2 Å². The van der Waals surface area contributed by atoms with Crippen LogP contribution in [0.15, 0.2) is 5.11 Å². The molecular weight excluding hydrogens is 1160 g/mol. The Kier molecular flexibility index (Phi) is 40.3. The molecule has 0 saturated heterocycles. The molecule has 0 spiro atoms. The van der Waals surface area contributed by atoms with Crippen molar-refractivity contribution < 1.29 is 110 Å². The van der Waals surface area contributed by atoms with Gasteiger partial charge in [0.05, 0.1) is 18.5 Å². The zero-order valence-electron chi connectivity index (χ0n) is 53.5. The molecule has 0 aromatic carbocycles. The molecule has 484 valence electrons. The number of alkyl carbamates (subject to hydrolysis) is 4. The average Bonchev–Trinajstić information content (AvgIpc) is 3.14. The van der Waals surface area contributed by atoms with E-state index in [0.717, 1.165) is 50.7 Å². The number of aliphatic hydroxyl groups excluding tert-OH is 2. The van der Waals surface area contributed by atoms with Crippen LogP contribution in [0.3, 0.4) is 0 Å². The Hall–Kier alpha value is -4.48. The molecule has 0 aromatic rings. The summed E-state index contributed by atoms with van der Waals surface area (Å²) >= 11 is 0. The van der Waals surface area contributed by atoms with Crippen molar-refractivity contribution in [2.45, 2.75) is 284 Å². The number of nitrogens with two attached hydrogens (primary N) is 2. The van der Waals surface area contributed by atoms with Gasteiger partial charge >= 0.3 is 66.2 Å². The summed E-state index contributed by atoms with van der Waals surface area (Å²) in [6, 6.07) is 1.28.